The van der Waals surface area contributed by atoms with E-state index in [-0.39, 0.29) is 6.04 Å². The minimum Gasteiger partial charge on any atom is -0.481 e. The molecule has 1 rings (SSSR count). The number of nitrogens with one attached hydrogen (secondary N) is 1. The van der Waals surface area contributed by atoms with Crippen molar-refractivity contribution < 1.29 is 18.3 Å². The zero-order valence-corrected chi connectivity index (χ0v) is 12.4. The third kappa shape index (κ3) is 4.74. The molecular formula is C12H24N2O4S. The molecule has 1 aliphatic rings. The van der Waals surface area contributed by atoms with Crippen LogP contribution in [0.3, 0.4) is 0 Å². The highest BCUT2D eigenvalue weighted by Crippen LogP contribution is 2.26. The van der Waals surface area contributed by atoms with Crippen molar-refractivity contribution in [2.45, 2.75) is 52.0 Å². The Morgan fingerprint density at radius 3 is 2.26 bits per heavy atom. The number of carboxylic acids is 1. The van der Waals surface area contributed by atoms with Gasteiger partial charge in [-0.15, -0.1) is 0 Å². The van der Waals surface area contributed by atoms with Gasteiger partial charge in [-0.25, -0.2) is 0 Å². The molecule has 2 unspecified atom stereocenters. The first-order valence-corrected chi connectivity index (χ1v) is 8.34. The van der Waals surface area contributed by atoms with Crippen LogP contribution in [0.25, 0.3) is 0 Å². The van der Waals surface area contributed by atoms with E-state index in [1.54, 1.807) is 0 Å². The second-order valence-corrected chi connectivity index (χ2v) is 6.77. The Balaban J connectivity index is 2.61. The van der Waals surface area contributed by atoms with E-state index in [0.717, 1.165) is 12.8 Å². The number of nitrogens with zero attached hydrogens (tertiary/aromatic N) is 1. The number of hydrogen-bond donors (Lipinski definition) is 2. The molecule has 0 heterocycles. The van der Waals surface area contributed by atoms with E-state index < -0.39 is 22.1 Å². The summed E-state index contributed by atoms with van der Waals surface area (Å²) in [4.78, 5) is 10.9. The summed E-state index contributed by atoms with van der Waals surface area (Å²) in [5, 5.41) is 8.92. The van der Waals surface area contributed by atoms with Crippen molar-refractivity contribution in [1.82, 2.24) is 9.03 Å². The van der Waals surface area contributed by atoms with Crippen molar-refractivity contribution in [3.63, 3.8) is 0 Å². The van der Waals surface area contributed by atoms with Gasteiger partial charge in [-0.3, -0.25) is 4.79 Å². The maximum Gasteiger partial charge on any atom is 0.306 e. The smallest absolute Gasteiger partial charge is 0.306 e. The molecule has 0 saturated heterocycles. The largest absolute Gasteiger partial charge is 0.481 e. The average molecular weight is 292 g/mol. The molecule has 1 saturated carbocycles. The van der Waals surface area contributed by atoms with E-state index in [1.165, 1.54) is 4.31 Å². The quantitative estimate of drug-likeness (QED) is 0.703. The first kappa shape index (κ1) is 16.4. The molecule has 2 N–H and O–H groups in total. The molecule has 0 aromatic rings. The first-order valence-electron chi connectivity index (χ1n) is 6.90. The van der Waals surface area contributed by atoms with E-state index in [9.17, 15) is 13.2 Å². The summed E-state index contributed by atoms with van der Waals surface area (Å²) in [5.74, 6) is -1.25. The van der Waals surface area contributed by atoms with Gasteiger partial charge in [0.15, 0.2) is 0 Å². The number of carbonyl (C=O) groups is 1. The summed E-state index contributed by atoms with van der Waals surface area (Å²) in [7, 11) is -3.49. The molecule has 0 spiro atoms. The lowest BCUT2D eigenvalue weighted by Crippen LogP contribution is -2.45. The lowest BCUT2D eigenvalue weighted by atomic mass is 10.1. The Hall–Kier alpha value is -0.660. The second kappa shape index (κ2) is 7.21. The molecule has 1 fully saturated rings. The molecular weight excluding hydrogens is 268 g/mol. The summed E-state index contributed by atoms with van der Waals surface area (Å²) < 4.78 is 28.5. The number of hydrogen-bond acceptors (Lipinski definition) is 3. The molecule has 19 heavy (non-hydrogen) atoms. The highest BCUT2D eigenvalue weighted by molar-refractivity contribution is 7.87. The van der Waals surface area contributed by atoms with Crippen LogP contribution in [0.15, 0.2) is 0 Å². The van der Waals surface area contributed by atoms with Crippen LogP contribution in [0.4, 0.5) is 0 Å². The summed E-state index contributed by atoms with van der Waals surface area (Å²) in [6, 6.07) is -0.248. The minimum absolute atomic E-state index is 0.248. The third-order valence-corrected chi connectivity index (χ3v) is 5.06. The summed E-state index contributed by atoms with van der Waals surface area (Å²) in [6.45, 7) is 4.87. The molecule has 6 nitrogen and oxygen atoms in total. The SMILES string of the molecule is CCCN(CCC)S(=O)(=O)NC1CCC(C(=O)O)C1. The highest BCUT2D eigenvalue weighted by atomic mass is 32.2. The fourth-order valence-electron chi connectivity index (χ4n) is 2.45. The Kier molecular flexibility index (Phi) is 6.22. The Morgan fingerprint density at radius 2 is 1.84 bits per heavy atom. The summed E-state index contributed by atoms with van der Waals surface area (Å²) in [6.07, 6.45) is 3.07. The van der Waals surface area contributed by atoms with Crippen LogP contribution in [0, 0.1) is 5.92 Å². The zero-order chi connectivity index (χ0) is 14.5. The topological polar surface area (TPSA) is 86.7 Å². The van der Waals surface area contributed by atoms with E-state index in [4.69, 9.17) is 5.11 Å². The van der Waals surface area contributed by atoms with Gasteiger partial charge < -0.3 is 5.11 Å². The van der Waals surface area contributed by atoms with Gasteiger partial charge in [-0.1, -0.05) is 13.8 Å². The van der Waals surface area contributed by atoms with Crippen LogP contribution in [0.2, 0.25) is 0 Å². The van der Waals surface area contributed by atoms with Crippen molar-refractivity contribution in [1.29, 1.82) is 0 Å². The number of rotatable bonds is 8. The zero-order valence-electron chi connectivity index (χ0n) is 11.6. The van der Waals surface area contributed by atoms with Crippen molar-refractivity contribution in [2.24, 2.45) is 5.92 Å². The van der Waals surface area contributed by atoms with Crippen molar-refractivity contribution in [3.05, 3.63) is 0 Å². The molecule has 112 valence electrons. The van der Waals surface area contributed by atoms with Gasteiger partial charge in [0.25, 0.3) is 10.2 Å². The Bertz CT molecular complexity index is 391. The van der Waals surface area contributed by atoms with Gasteiger partial charge in [-0.05, 0) is 32.1 Å². The van der Waals surface area contributed by atoms with E-state index in [1.807, 2.05) is 13.8 Å². The van der Waals surface area contributed by atoms with Crippen molar-refractivity contribution in [3.8, 4) is 0 Å². The van der Waals surface area contributed by atoms with Gasteiger partial charge in [0.2, 0.25) is 0 Å². The number of aliphatic carboxylic acids is 1. The van der Waals surface area contributed by atoms with Gasteiger partial charge in [-0.2, -0.15) is 17.4 Å². The minimum atomic E-state index is -3.49. The van der Waals surface area contributed by atoms with Gasteiger partial charge >= 0.3 is 5.97 Å². The number of carboxylic acid groups (broad SMARTS) is 1. The van der Waals surface area contributed by atoms with Crippen LogP contribution >= 0.6 is 0 Å². The molecule has 0 aliphatic heterocycles. The van der Waals surface area contributed by atoms with Crippen LogP contribution in [-0.2, 0) is 15.0 Å². The van der Waals surface area contributed by atoms with E-state index in [2.05, 4.69) is 4.72 Å². The maximum absolute atomic E-state index is 12.2. The van der Waals surface area contributed by atoms with Gasteiger partial charge in [0.1, 0.15) is 0 Å². The molecule has 0 aromatic carbocycles. The van der Waals surface area contributed by atoms with Crippen LogP contribution in [0.5, 0.6) is 0 Å². The Labute approximate surface area is 115 Å². The molecule has 1 aliphatic carbocycles. The van der Waals surface area contributed by atoms with Gasteiger partial charge in [0, 0.05) is 19.1 Å². The normalized spacial score (nSPS) is 23.9. The second-order valence-electron chi connectivity index (χ2n) is 5.07. The monoisotopic (exact) mass is 292 g/mol. The standard InChI is InChI=1S/C12H24N2O4S/c1-3-7-14(8-4-2)19(17,18)13-11-6-5-10(9-11)12(15)16/h10-11,13H,3-9H2,1-2H3,(H,15,16). The lowest BCUT2D eigenvalue weighted by molar-refractivity contribution is -0.141. The van der Waals surface area contributed by atoms with Crippen LogP contribution in [-0.4, -0.2) is 42.9 Å². The molecule has 0 aromatic heterocycles. The molecule has 0 radical (unpaired) electrons. The van der Waals surface area contributed by atoms with E-state index >= 15 is 0 Å². The van der Waals surface area contributed by atoms with Crippen molar-refractivity contribution in [2.75, 3.05) is 13.1 Å². The first-order chi connectivity index (χ1) is 8.90. The lowest BCUT2D eigenvalue weighted by Gasteiger charge is -2.23. The molecule has 0 amide bonds. The molecule has 2 atom stereocenters. The Morgan fingerprint density at radius 1 is 1.26 bits per heavy atom. The van der Waals surface area contributed by atoms with Crippen LogP contribution < -0.4 is 4.72 Å². The third-order valence-electron chi connectivity index (χ3n) is 3.38. The summed E-state index contributed by atoms with van der Waals surface area (Å²) in [5.41, 5.74) is 0. The van der Waals surface area contributed by atoms with Crippen molar-refractivity contribution >= 4 is 16.2 Å². The van der Waals surface area contributed by atoms with Gasteiger partial charge in [0.05, 0.1) is 5.92 Å². The highest BCUT2D eigenvalue weighted by Gasteiger charge is 2.33. The predicted molar refractivity (Wildman–Crippen MR) is 73.0 cm³/mol. The fourth-order valence-corrected chi connectivity index (χ4v) is 4.08. The predicted octanol–water partition coefficient (Wildman–Crippen LogP) is 1.20. The average Bonchev–Trinajstić information content (AvgIpc) is 2.76. The molecule has 7 heteroatoms. The summed E-state index contributed by atoms with van der Waals surface area (Å²) >= 11 is 0. The molecule has 0 bridgehead atoms. The van der Waals surface area contributed by atoms with Crippen LogP contribution in [0.1, 0.15) is 46.0 Å². The fraction of sp³-hybridized carbons (Fsp3) is 0.917. The van der Waals surface area contributed by atoms with E-state index in [0.29, 0.717) is 32.4 Å². The maximum atomic E-state index is 12.2.